The van der Waals surface area contributed by atoms with Gasteiger partial charge in [-0.1, -0.05) is 18.6 Å². The van der Waals surface area contributed by atoms with Crippen LogP contribution in [0.2, 0.25) is 0 Å². The van der Waals surface area contributed by atoms with Gasteiger partial charge in [0.2, 0.25) is 0 Å². The van der Waals surface area contributed by atoms with E-state index in [9.17, 15) is 18.0 Å². The molecular weight excluding hydrogens is 400 g/mol. The lowest BCUT2D eigenvalue weighted by atomic mass is 9.84. The van der Waals surface area contributed by atoms with Crippen LogP contribution in [0.3, 0.4) is 0 Å². The Morgan fingerprint density at radius 3 is 2.69 bits per heavy atom. The van der Waals surface area contributed by atoms with Gasteiger partial charge in [-0.2, -0.15) is 13.1 Å². The minimum Gasteiger partial charge on any atom is -0.465 e. The molecule has 0 bridgehead atoms. The lowest BCUT2D eigenvalue weighted by Gasteiger charge is -2.44. The number of ether oxygens (including phenoxy) is 2. The molecule has 2 heterocycles. The Kier molecular flexibility index (Phi) is 6.96. The molecular formula is C19H26N2O7S. The average molecular weight is 426 g/mol. The van der Waals surface area contributed by atoms with Crippen LogP contribution in [0.15, 0.2) is 24.3 Å². The summed E-state index contributed by atoms with van der Waals surface area (Å²) in [5.41, 5.74) is -0.0756. The molecule has 2 atom stereocenters. The molecule has 0 aromatic heterocycles. The summed E-state index contributed by atoms with van der Waals surface area (Å²) >= 11 is 0. The van der Waals surface area contributed by atoms with Gasteiger partial charge in [-0.3, -0.25) is 4.90 Å². The van der Waals surface area contributed by atoms with E-state index in [1.165, 1.54) is 37.8 Å². The van der Waals surface area contributed by atoms with Gasteiger partial charge in [0, 0.05) is 12.0 Å². The molecule has 0 unspecified atom stereocenters. The van der Waals surface area contributed by atoms with Crippen LogP contribution >= 0.6 is 0 Å². The van der Waals surface area contributed by atoms with Crippen LogP contribution in [0.5, 0.6) is 5.75 Å². The number of rotatable bonds is 6. The van der Waals surface area contributed by atoms with E-state index in [4.69, 9.17) is 8.92 Å². The number of nitrogens with zero attached hydrogens (tertiary/aromatic N) is 1. The van der Waals surface area contributed by atoms with Gasteiger partial charge < -0.3 is 13.7 Å². The predicted molar refractivity (Wildman–Crippen MR) is 104 cm³/mol. The van der Waals surface area contributed by atoms with Crippen LogP contribution in [0, 0.1) is 5.92 Å². The number of benzene rings is 1. The van der Waals surface area contributed by atoms with E-state index in [0.29, 0.717) is 6.04 Å². The molecule has 2 aliphatic heterocycles. The highest BCUT2D eigenvalue weighted by atomic mass is 32.2. The maximum absolute atomic E-state index is 12.2. The lowest BCUT2D eigenvalue weighted by Crippen LogP contribution is -2.49. The second-order valence-corrected chi connectivity index (χ2v) is 8.51. The van der Waals surface area contributed by atoms with Gasteiger partial charge in [0.1, 0.15) is 5.56 Å². The highest BCUT2D eigenvalue weighted by Crippen LogP contribution is 2.31. The molecule has 0 saturated carbocycles. The summed E-state index contributed by atoms with van der Waals surface area (Å²) in [7, 11) is -3.35. The zero-order valence-electron chi connectivity index (χ0n) is 16.3. The van der Waals surface area contributed by atoms with Gasteiger partial charge in [0.05, 0.1) is 13.7 Å². The summed E-state index contributed by atoms with van der Waals surface area (Å²) < 4.78 is 40.7. The molecule has 1 aromatic carbocycles. The summed E-state index contributed by atoms with van der Waals surface area (Å²) in [6, 6.07) is 6.05. The number of nitrogens with one attached hydrogen (secondary N) is 1. The van der Waals surface area contributed by atoms with Crippen molar-refractivity contribution in [3.63, 3.8) is 0 Å². The molecule has 9 nitrogen and oxygen atoms in total. The molecule has 0 radical (unpaired) electrons. The second-order valence-electron chi connectivity index (χ2n) is 7.23. The molecule has 160 valence electrons. The van der Waals surface area contributed by atoms with Crippen molar-refractivity contribution in [3.05, 3.63) is 29.8 Å². The number of carbonyl (C=O) groups excluding carboxylic acids is 2. The van der Waals surface area contributed by atoms with Crippen molar-refractivity contribution in [1.82, 2.24) is 9.62 Å². The topological polar surface area (TPSA) is 111 Å². The van der Waals surface area contributed by atoms with Gasteiger partial charge in [-0.25, -0.2) is 9.59 Å². The smallest absolute Gasteiger partial charge is 0.423 e. The predicted octanol–water partition coefficient (Wildman–Crippen LogP) is 2.09. The summed E-state index contributed by atoms with van der Waals surface area (Å²) in [6.45, 7) is 2.28. The summed E-state index contributed by atoms with van der Waals surface area (Å²) in [5.74, 6) is -0.809. The quantitative estimate of drug-likeness (QED) is 0.689. The highest BCUT2D eigenvalue weighted by Gasteiger charge is 2.34. The Morgan fingerprint density at radius 2 is 1.90 bits per heavy atom. The van der Waals surface area contributed by atoms with Crippen molar-refractivity contribution in [3.8, 4) is 5.75 Å². The molecule has 10 heteroatoms. The molecule has 0 spiro atoms. The monoisotopic (exact) mass is 426 g/mol. The third kappa shape index (κ3) is 5.60. The largest absolute Gasteiger partial charge is 0.465 e. The Morgan fingerprint density at radius 1 is 1.14 bits per heavy atom. The Hall–Kier alpha value is -2.33. The number of fused-ring (bicyclic) bond motifs is 1. The Bertz CT molecular complexity index is 841. The normalized spacial score (nSPS) is 22.2. The first-order valence-electron chi connectivity index (χ1n) is 9.70. The first kappa shape index (κ1) is 21.4. The molecule has 2 fully saturated rings. The van der Waals surface area contributed by atoms with Crippen molar-refractivity contribution in [2.45, 2.75) is 38.1 Å². The number of para-hydroxylation sites is 1. The van der Waals surface area contributed by atoms with Crippen molar-refractivity contribution >= 4 is 22.4 Å². The fraction of sp³-hybridized carbons (Fsp3) is 0.579. The number of carbonyl (C=O) groups is 2. The van der Waals surface area contributed by atoms with E-state index in [1.54, 1.807) is 4.72 Å². The van der Waals surface area contributed by atoms with Gasteiger partial charge >= 0.3 is 22.4 Å². The molecule has 2 saturated heterocycles. The van der Waals surface area contributed by atoms with Crippen LogP contribution in [-0.2, 0) is 19.8 Å². The fourth-order valence-electron chi connectivity index (χ4n) is 4.04. The number of hydrogen-bond donors (Lipinski definition) is 1. The maximum atomic E-state index is 12.2. The van der Waals surface area contributed by atoms with Crippen molar-refractivity contribution in [2.24, 2.45) is 5.92 Å². The molecule has 3 rings (SSSR count). The van der Waals surface area contributed by atoms with Crippen LogP contribution in [0.4, 0.5) is 4.79 Å². The zero-order valence-corrected chi connectivity index (χ0v) is 17.2. The van der Waals surface area contributed by atoms with Gasteiger partial charge in [-0.15, -0.1) is 0 Å². The van der Waals surface area contributed by atoms with E-state index >= 15 is 0 Å². The van der Waals surface area contributed by atoms with Crippen molar-refractivity contribution in [2.75, 3.05) is 26.8 Å². The molecule has 1 amide bonds. The second kappa shape index (κ2) is 9.45. The van der Waals surface area contributed by atoms with E-state index in [1.807, 2.05) is 0 Å². The Labute approximate surface area is 170 Å². The molecule has 1 N–H and O–H groups in total. The molecule has 0 aliphatic carbocycles. The van der Waals surface area contributed by atoms with Crippen LogP contribution < -0.4 is 8.91 Å². The first-order chi connectivity index (χ1) is 13.9. The van der Waals surface area contributed by atoms with E-state index < -0.39 is 22.4 Å². The third-order valence-electron chi connectivity index (χ3n) is 5.36. The maximum Gasteiger partial charge on any atom is 0.423 e. The first-order valence-corrected chi connectivity index (χ1v) is 11.1. The summed E-state index contributed by atoms with van der Waals surface area (Å²) in [5, 5.41) is 0. The third-order valence-corrected chi connectivity index (χ3v) is 6.17. The minimum atomic E-state index is -4.52. The van der Waals surface area contributed by atoms with Crippen molar-refractivity contribution in [1.29, 1.82) is 0 Å². The highest BCUT2D eigenvalue weighted by molar-refractivity contribution is 7.85. The average Bonchev–Trinajstić information content (AvgIpc) is 2.71. The van der Waals surface area contributed by atoms with Crippen molar-refractivity contribution < 1.29 is 31.7 Å². The molecule has 29 heavy (non-hydrogen) atoms. The number of esters is 1. The van der Waals surface area contributed by atoms with E-state index in [2.05, 4.69) is 9.64 Å². The number of amides is 1. The molecule has 2 aliphatic rings. The van der Waals surface area contributed by atoms with Gasteiger partial charge in [0.15, 0.2) is 5.75 Å². The van der Waals surface area contributed by atoms with Crippen LogP contribution in [-0.4, -0.2) is 58.2 Å². The lowest BCUT2D eigenvalue weighted by molar-refractivity contribution is 0.0244. The minimum absolute atomic E-state index is 0.0756. The van der Waals surface area contributed by atoms with Crippen LogP contribution in [0.25, 0.3) is 0 Å². The van der Waals surface area contributed by atoms with Gasteiger partial charge in [-0.05, 0) is 50.9 Å². The SMILES string of the molecule is COC(=O)c1ccccc1OS(=O)(=O)NC(=O)OC[C@@H]1CCCN2CCCC[C@H]12. The standard InChI is InChI=1S/C19H26N2O7S/c1-26-18(22)15-8-2-3-10-17(15)28-29(24,25)20-19(23)27-13-14-7-6-12-21-11-5-4-9-16(14)21/h2-3,8,10,14,16H,4-7,9,11-13H2,1H3,(H,20,23)/t14-,16+/m0/s1. The zero-order chi connectivity index (χ0) is 20.9. The number of hydrogen-bond acceptors (Lipinski definition) is 8. The van der Waals surface area contributed by atoms with Gasteiger partial charge in [0.25, 0.3) is 0 Å². The summed E-state index contributed by atoms with van der Waals surface area (Å²) in [4.78, 5) is 26.2. The molecule has 1 aromatic rings. The van der Waals surface area contributed by atoms with E-state index in [0.717, 1.165) is 38.8 Å². The van der Waals surface area contributed by atoms with Crippen LogP contribution in [0.1, 0.15) is 42.5 Å². The number of methoxy groups -OCH3 is 1. The fourth-order valence-corrected chi connectivity index (χ4v) is 4.73. The number of piperidine rings is 2. The summed E-state index contributed by atoms with van der Waals surface area (Å²) in [6.07, 6.45) is 4.30. The van der Waals surface area contributed by atoms with E-state index in [-0.39, 0.29) is 23.8 Å². The Balaban J connectivity index is 1.55.